The van der Waals surface area contributed by atoms with E-state index in [4.69, 9.17) is 0 Å². The number of hydrogen-bond donors (Lipinski definition) is 0. The Morgan fingerprint density at radius 1 is 1.36 bits per heavy atom. The average Bonchev–Trinajstić information content (AvgIpc) is 2.78. The Bertz CT molecular complexity index is 267. The predicted molar refractivity (Wildman–Crippen MR) is 59.4 cm³/mol. The molecular weight excluding hydrogens is 174 g/mol. The molecule has 1 atom stereocenters. The van der Waals surface area contributed by atoms with E-state index in [9.17, 15) is 0 Å². The standard InChI is InChI=1S/C9H15N3.C2H6/c1-11-5-3-8(7-11)9-4-6-12(2)10-9;1-2/h4,6,8H,3,5,7H2,1-2H3;1-2H3. The molecule has 0 aromatic carbocycles. The maximum Gasteiger partial charge on any atom is 0.0668 e. The Kier molecular flexibility index (Phi) is 4.14. The zero-order valence-corrected chi connectivity index (χ0v) is 9.70. The molecule has 1 aromatic heterocycles. The fourth-order valence-electron chi connectivity index (χ4n) is 1.83. The highest BCUT2D eigenvalue weighted by Crippen LogP contribution is 2.24. The van der Waals surface area contributed by atoms with Gasteiger partial charge in [-0.25, -0.2) is 0 Å². The van der Waals surface area contributed by atoms with Crippen molar-refractivity contribution in [3.63, 3.8) is 0 Å². The van der Waals surface area contributed by atoms with Gasteiger partial charge in [-0.15, -0.1) is 0 Å². The third-order valence-electron chi connectivity index (χ3n) is 2.54. The first-order chi connectivity index (χ1) is 6.75. The van der Waals surface area contributed by atoms with Crippen LogP contribution in [0.1, 0.15) is 31.9 Å². The molecule has 0 amide bonds. The number of rotatable bonds is 1. The van der Waals surface area contributed by atoms with E-state index in [1.807, 2.05) is 31.8 Å². The highest BCUT2D eigenvalue weighted by Gasteiger charge is 2.22. The summed E-state index contributed by atoms with van der Waals surface area (Å²) in [5.41, 5.74) is 1.25. The first-order valence-electron chi connectivity index (χ1n) is 5.44. The lowest BCUT2D eigenvalue weighted by Gasteiger charge is -2.06. The van der Waals surface area contributed by atoms with E-state index in [-0.39, 0.29) is 0 Å². The largest absolute Gasteiger partial charge is 0.306 e. The molecular formula is C11H21N3. The summed E-state index contributed by atoms with van der Waals surface area (Å²) < 4.78 is 1.88. The third-order valence-corrected chi connectivity index (χ3v) is 2.54. The van der Waals surface area contributed by atoms with Crippen LogP contribution in [-0.2, 0) is 7.05 Å². The maximum atomic E-state index is 4.42. The molecule has 1 unspecified atom stereocenters. The minimum atomic E-state index is 0.663. The van der Waals surface area contributed by atoms with Crippen molar-refractivity contribution in [1.29, 1.82) is 0 Å². The lowest BCUT2D eigenvalue weighted by Crippen LogP contribution is -2.13. The second-order valence-corrected chi connectivity index (χ2v) is 3.66. The summed E-state index contributed by atoms with van der Waals surface area (Å²) in [7, 11) is 4.14. The van der Waals surface area contributed by atoms with Crippen LogP contribution in [0, 0.1) is 0 Å². The van der Waals surface area contributed by atoms with Gasteiger partial charge in [0.2, 0.25) is 0 Å². The Hall–Kier alpha value is -0.830. The van der Waals surface area contributed by atoms with Crippen molar-refractivity contribution in [2.45, 2.75) is 26.2 Å². The number of aryl methyl sites for hydroxylation is 1. The number of likely N-dealkylation sites (tertiary alicyclic amines) is 1. The summed E-state index contributed by atoms with van der Waals surface area (Å²) in [5.74, 6) is 0.663. The third kappa shape index (κ3) is 2.58. The summed E-state index contributed by atoms with van der Waals surface area (Å²) in [4.78, 5) is 2.36. The zero-order valence-electron chi connectivity index (χ0n) is 9.70. The molecule has 0 N–H and O–H groups in total. The van der Waals surface area contributed by atoms with Crippen LogP contribution in [0.2, 0.25) is 0 Å². The van der Waals surface area contributed by atoms with E-state index >= 15 is 0 Å². The number of nitrogens with zero attached hydrogens (tertiary/aromatic N) is 3. The van der Waals surface area contributed by atoms with Crippen LogP contribution in [0.4, 0.5) is 0 Å². The minimum Gasteiger partial charge on any atom is -0.306 e. The molecule has 1 aliphatic heterocycles. The van der Waals surface area contributed by atoms with Gasteiger partial charge in [0.1, 0.15) is 0 Å². The molecule has 1 fully saturated rings. The van der Waals surface area contributed by atoms with Crippen LogP contribution >= 0.6 is 0 Å². The van der Waals surface area contributed by atoms with Gasteiger partial charge >= 0.3 is 0 Å². The predicted octanol–water partition coefficient (Wildman–Crippen LogP) is 1.87. The van der Waals surface area contributed by atoms with Crippen molar-refractivity contribution in [1.82, 2.24) is 14.7 Å². The van der Waals surface area contributed by atoms with Gasteiger partial charge in [-0.2, -0.15) is 5.10 Å². The molecule has 1 aliphatic rings. The van der Waals surface area contributed by atoms with Gasteiger partial charge in [0.15, 0.2) is 0 Å². The summed E-state index contributed by atoms with van der Waals surface area (Å²) in [6.07, 6.45) is 3.28. The maximum absolute atomic E-state index is 4.42. The SMILES string of the molecule is CC.CN1CCC(c2ccn(C)n2)C1. The molecule has 0 aliphatic carbocycles. The lowest BCUT2D eigenvalue weighted by atomic mass is 10.1. The normalized spacial score (nSPS) is 21.9. The van der Waals surface area contributed by atoms with Gasteiger partial charge in [-0.05, 0) is 26.1 Å². The van der Waals surface area contributed by atoms with Crippen LogP contribution < -0.4 is 0 Å². The smallest absolute Gasteiger partial charge is 0.0668 e. The van der Waals surface area contributed by atoms with E-state index in [0.717, 1.165) is 6.54 Å². The molecule has 1 saturated heterocycles. The first-order valence-corrected chi connectivity index (χ1v) is 5.44. The van der Waals surface area contributed by atoms with Gasteiger partial charge in [-0.3, -0.25) is 4.68 Å². The highest BCUT2D eigenvalue weighted by molar-refractivity contribution is 5.08. The molecule has 3 heteroatoms. The summed E-state index contributed by atoms with van der Waals surface area (Å²) in [6.45, 7) is 6.37. The Labute approximate surface area is 86.7 Å². The second kappa shape index (κ2) is 5.15. The Morgan fingerprint density at radius 3 is 2.50 bits per heavy atom. The average molecular weight is 195 g/mol. The molecule has 80 valence electrons. The van der Waals surface area contributed by atoms with E-state index < -0.39 is 0 Å². The molecule has 0 spiro atoms. The minimum absolute atomic E-state index is 0.663. The summed E-state index contributed by atoms with van der Waals surface area (Å²) >= 11 is 0. The zero-order chi connectivity index (χ0) is 10.6. The van der Waals surface area contributed by atoms with Gasteiger partial charge in [0.25, 0.3) is 0 Å². The number of aromatic nitrogens is 2. The van der Waals surface area contributed by atoms with Crippen LogP contribution in [0.5, 0.6) is 0 Å². The molecule has 1 aromatic rings. The van der Waals surface area contributed by atoms with Crippen molar-refractivity contribution >= 4 is 0 Å². The molecule has 0 saturated carbocycles. The molecule has 14 heavy (non-hydrogen) atoms. The summed E-state index contributed by atoms with van der Waals surface area (Å²) in [5, 5.41) is 4.42. The molecule has 2 rings (SSSR count). The van der Waals surface area contributed by atoms with Gasteiger partial charge in [-0.1, -0.05) is 13.8 Å². The first kappa shape index (κ1) is 11.2. The summed E-state index contributed by atoms with van der Waals surface area (Å²) in [6, 6.07) is 2.13. The van der Waals surface area contributed by atoms with Gasteiger partial charge in [0, 0.05) is 25.7 Å². The van der Waals surface area contributed by atoms with Crippen molar-refractivity contribution in [2.24, 2.45) is 7.05 Å². The molecule has 2 heterocycles. The highest BCUT2D eigenvalue weighted by atomic mass is 15.3. The molecule has 3 nitrogen and oxygen atoms in total. The fraction of sp³-hybridized carbons (Fsp3) is 0.727. The van der Waals surface area contributed by atoms with Crippen molar-refractivity contribution in [2.75, 3.05) is 20.1 Å². The van der Waals surface area contributed by atoms with Crippen molar-refractivity contribution < 1.29 is 0 Å². The Morgan fingerprint density at radius 2 is 2.07 bits per heavy atom. The van der Waals surface area contributed by atoms with Crippen LogP contribution in [0.3, 0.4) is 0 Å². The van der Waals surface area contributed by atoms with Crippen LogP contribution in [0.25, 0.3) is 0 Å². The monoisotopic (exact) mass is 195 g/mol. The van der Waals surface area contributed by atoms with E-state index in [2.05, 4.69) is 23.1 Å². The van der Waals surface area contributed by atoms with Crippen molar-refractivity contribution in [3.05, 3.63) is 18.0 Å². The quantitative estimate of drug-likeness (QED) is 0.682. The topological polar surface area (TPSA) is 21.1 Å². The molecule has 0 radical (unpaired) electrons. The lowest BCUT2D eigenvalue weighted by molar-refractivity contribution is 0.410. The van der Waals surface area contributed by atoms with Crippen LogP contribution in [0.15, 0.2) is 12.3 Å². The van der Waals surface area contributed by atoms with Crippen LogP contribution in [-0.4, -0.2) is 34.8 Å². The second-order valence-electron chi connectivity index (χ2n) is 3.66. The van der Waals surface area contributed by atoms with E-state index in [1.54, 1.807) is 0 Å². The molecule has 0 bridgehead atoms. The number of likely N-dealkylation sites (N-methyl/N-ethyl adjacent to an activating group) is 1. The van der Waals surface area contributed by atoms with Crippen molar-refractivity contribution in [3.8, 4) is 0 Å². The van der Waals surface area contributed by atoms with Gasteiger partial charge in [0.05, 0.1) is 5.69 Å². The van der Waals surface area contributed by atoms with Gasteiger partial charge < -0.3 is 4.90 Å². The van der Waals surface area contributed by atoms with E-state index in [0.29, 0.717) is 5.92 Å². The number of hydrogen-bond acceptors (Lipinski definition) is 2. The van der Waals surface area contributed by atoms with E-state index in [1.165, 1.54) is 18.7 Å². The fourth-order valence-corrected chi connectivity index (χ4v) is 1.83. The Balaban J connectivity index is 0.000000461.